The van der Waals surface area contributed by atoms with Gasteiger partial charge in [0.15, 0.2) is 11.7 Å². The lowest BCUT2D eigenvalue weighted by atomic mass is 9.97. The van der Waals surface area contributed by atoms with E-state index in [1.807, 2.05) is 7.05 Å². The van der Waals surface area contributed by atoms with Crippen molar-refractivity contribution in [3.8, 4) is 0 Å². The van der Waals surface area contributed by atoms with Crippen LogP contribution in [0.3, 0.4) is 0 Å². The summed E-state index contributed by atoms with van der Waals surface area (Å²) in [6.45, 7) is 2.42. The van der Waals surface area contributed by atoms with Crippen molar-refractivity contribution in [1.82, 2.24) is 19.6 Å². The minimum Gasteiger partial charge on any atom is -0.363 e. The number of benzene rings is 1. The number of hydrogen-bond acceptors (Lipinski definition) is 4. The Bertz CT molecular complexity index is 887. The van der Waals surface area contributed by atoms with Gasteiger partial charge in [0.1, 0.15) is 11.6 Å². The number of hydrogen-bond donors (Lipinski definition) is 1. The van der Waals surface area contributed by atoms with E-state index in [0.717, 1.165) is 4.68 Å². The first-order valence-corrected chi connectivity index (χ1v) is 9.38. The van der Waals surface area contributed by atoms with Crippen molar-refractivity contribution in [2.45, 2.75) is 24.7 Å². The molecule has 0 bridgehead atoms. The lowest BCUT2D eigenvalue weighted by Crippen LogP contribution is -2.47. The van der Waals surface area contributed by atoms with Crippen molar-refractivity contribution < 1.29 is 22.4 Å². The molecule has 6 nitrogen and oxygen atoms in total. The molecule has 156 valence electrons. The molecule has 0 spiro atoms. The number of piperazine rings is 1. The molecule has 2 aliphatic rings. The van der Waals surface area contributed by atoms with Gasteiger partial charge in [-0.15, -0.1) is 0 Å². The third kappa shape index (κ3) is 3.93. The second-order valence-corrected chi connectivity index (χ2v) is 7.50. The number of alkyl halides is 3. The summed E-state index contributed by atoms with van der Waals surface area (Å²) in [4.78, 5) is 16.4. The van der Waals surface area contributed by atoms with E-state index in [0.29, 0.717) is 31.7 Å². The number of nitrogens with one attached hydrogen (secondary N) is 1. The van der Waals surface area contributed by atoms with E-state index in [4.69, 9.17) is 0 Å². The highest BCUT2D eigenvalue weighted by molar-refractivity contribution is 5.93. The fourth-order valence-electron chi connectivity index (χ4n) is 3.76. The number of fused-ring (bicyclic) bond motifs is 1. The predicted molar refractivity (Wildman–Crippen MR) is 98.1 cm³/mol. The van der Waals surface area contributed by atoms with Crippen molar-refractivity contribution in [3.05, 3.63) is 47.4 Å². The quantitative estimate of drug-likeness (QED) is 0.772. The first-order chi connectivity index (χ1) is 13.7. The van der Waals surface area contributed by atoms with Crippen LogP contribution in [0.4, 0.5) is 23.4 Å². The fraction of sp³-hybridized carbons (Fsp3) is 0.474. The summed E-state index contributed by atoms with van der Waals surface area (Å²) in [6, 6.07) is 4.18. The predicted octanol–water partition coefficient (Wildman–Crippen LogP) is 3.07. The molecule has 1 amide bonds. The van der Waals surface area contributed by atoms with Crippen LogP contribution in [0.15, 0.2) is 30.3 Å². The summed E-state index contributed by atoms with van der Waals surface area (Å²) >= 11 is 0. The zero-order chi connectivity index (χ0) is 20.8. The minimum absolute atomic E-state index is 0.00828. The molecular formula is C19H21F4N5O. The van der Waals surface area contributed by atoms with Gasteiger partial charge in [0.2, 0.25) is 0 Å². The van der Waals surface area contributed by atoms with Gasteiger partial charge in [0.05, 0.1) is 6.04 Å². The number of amides is 1. The average molecular weight is 411 g/mol. The molecule has 1 N–H and O–H groups in total. The molecule has 1 aromatic carbocycles. The van der Waals surface area contributed by atoms with E-state index in [2.05, 4.69) is 15.3 Å². The molecule has 10 heteroatoms. The molecule has 1 aromatic heterocycles. The topological polar surface area (TPSA) is 53.4 Å². The molecule has 1 fully saturated rings. The molecule has 4 rings (SSSR count). The summed E-state index contributed by atoms with van der Waals surface area (Å²) < 4.78 is 55.2. The first-order valence-electron chi connectivity index (χ1n) is 9.38. The van der Waals surface area contributed by atoms with E-state index in [9.17, 15) is 22.4 Å². The number of anilines is 1. The van der Waals surface area contributed by atoms with E-state index in [1.165, 1.54) is 30.3 Å². The van der Waals surface area contributed by atoms with E-state index in [-0.39, 0.29) is 23.8 Å². The second-order valence-electron chi connectivity index (χ2n) is 7.50. The Morgan fingerprint density at radius 3 is 2.41 bits per heavy atom. The number of nitrogens with zero attached hydrogens (tertiary/aromatic N) is 4. The van der Waals surface area contributed by atoms with Crippen molar-refractivity contribution in [2.24, 2.45) is 0 Å². The Kier molecular flexibility index (Phi) is 4.97. The monoisotopic (exact) mass is 411 g/mol. The van der Waals surface area contributed by atoms with E-state index >= 15 is 0 Å². The van der Waals surface area contributed by atoms with Crippen LogP contribution in [0.1, 0.15) is 34.6 Å². The molecule has 0 saturated carbocycles. The molecular weight excluding hydrogens is 390 g/mol. The van der Waals surface area contributed by atoms with Crippen molar-refractivity contribution in [3.63, 3.8) is 0 Å². The maximum absolute atomic E-state index is 13.7. The Morgan fingerprint density at radius 2 is 1.79 bits per heavy atom. The standard InChI is InChI=1S/C19H21F4N5O/c1-26-6-8-27(9-7-26)18(29)15-11-17-24-14(12-2-4-13(20)5-3-12)10-16(19(21,22)23)28(17)25-15/h2-5,11,14,16,24H,6-10H2,1H3. The number of likely N-dealkylation sites (N-methyl/N-ethyl adjacent to an activating group) is 1. The number of carbonyl (C=O) groups is 1. The van der Waals surface area contributed by atoms with Crippen LogP contribution in [0, 0.1) is 5.82 Å². The summed E-state index contributed by atoms with van der Waals surface area (Å²) in [5, 5.41) is 7.02. The van der Waals surface area contributed by atoms with Gasteiger partial charge in [-0.1, -0.05) is 12.1 Å². The highest BCUT2D eigenvalue weighted by atomic mass is 19.4. The summed E-state index contributed by atoms with van der Waals surface area (Å²) in [7, 11) is 1.95. The number of aromatic nitrogens is 2. The molecule has 0 aliphatic carbocycles. The molecule has 2 atom stereocenters. The Hall–Kier alpha value is -2.62. The molecule has 3 heterocycles. The smallest absolute Gasteiger partial charge is 0.363 e. The van der Waals surface area contributed by atoms with Gasteiger partial charge in [-0.3, -0.25) is 4.79 Å². The summed E-state index contributed by atoms with van der Waals surface area (Å²) in [5.41, 5.74) is 0.533. The lowest BCUT2D eigenvalue weighted by molar-refractivity contribution is -0.173. The largest absolute Gasteiger partial charge is 0.410 e. The first kappa shape index (κ1) is 19.7. The van der Waals surface area contributed by atoms with Crippen molar-refractivity contribution in [2.75, 3.05) is 38.5 Å². The van der Waals surface area contributed by atoms with Crippen LogP contribution < -0.4 is 5.32 Å². The Labute approximate surface area is 165 Å². The minimum atomic E-state index is -4.53. The van der Waals surface area contributed by atoms with E-state index < -0.39 is 24.1 Å². The van der Waals surface area contributed by atoms with Crippen LogP contribution in [0.2, 0.25) is 0 Å². The summed E-state index contributed by atoms with van der Waals surface area (Å²) in [6.07, 6.45) is -4.83. The third-order valence-corrected chi connectivity index (χ3v) is 5.47. The molecule has 0 radical (unpaired) electrons. The van der Waals surface area contributed by atoms with Crippen molar-refractivity contribution in [1.29, 1.82) is 0 Å². The number of carbonyl (C=O) groups excluding carboxylic acids is 1. The zero-order valence-electron chi connectivity index (χ0n) is 15.8. The normalized spacial score (nSPS) is 22.9. The fourth-order valence-corrected chi connectivity index (χ4v) is 3.76. The molecule has 2 aliphatic heterocycles. The van der Waals surface area contributed by atoms with Gasteiger partial charge < -0.3 is 15.1 Å². The zero-order valence-corrected chi connectivity index (χ0v) is 15.8. The lowest BCUT2D eigenvalue weighted by Gasteiger charge is -2.33. The SMILES string of the molecule is CN1CCN(C(=O)c2cc3n(n2)C(C(F)(F)F)CC(c2ccc(F)cc2)N3)CC1. The third-order valence-electron chi connectivity index (χ3n) is 5.47. The number of halogens is 4. The average Bonchev–Trinajstić information content (AvgIpc) is 3.11. The van der Waals surface area contributed by atoms with Crippen LogP contribution >= 0.6 is 0 Å². The van der Waals surface area contributed by atoms with Crippen LogP contribution in [-0.2, 0) is 0 Å². The molecule has 1 saturated heterocycles. The van der Waals surface area contributed by atoms with Gasteiger partial charge in [-0.2, -0.15) is 18.3 Å². The number of rotatable bonds is 2. The maximum Gasteiger partial charge on any atom is 0.410 e. The Morgan fingerprint density at radius 1 is 1.14 bits per heavy atom. The maximum atomic E-state index is 13.7. The molecule has 2 aromatic rings. The Balaban J connectivity index is 1.63. The van der Waals surface area contributed by atoms with Gasteiger partial charge in [-0.25, -0.2) is 9.07 Å². The van der Waals surface area contributed by atoms with Gasteiger partial charge in [0.25, 0.3) is 5.91 Å². The van der Waals surface area contributed by atoms with Gasteiger partial charge >= 0.3 is 6.18 Å². The molecule has 2 unspecified atom stereocenters. The highest BCUT2D eigenvalue weighted by Gasteiger charge is 2.47. The van der Waals surface area contributed by atoms with Crippen LogP contribution in [-0.4, -0.2) is 64.9 Å². The molecule has 29 heavy (non-hydrogen) atoms. The summed E-state index contributed by atoms with van der Waals surface area (Å²) in [5.74, 6) is -0.700. The van der Waals surface area contributed by atoms with Crippen LogP contribution in [0.25, 0.3) is 0 Å². The van der Waals surface area contributed by atoms with Crippen molar-refractivity contribution >= 4 is 11.7 Å². The second kappa shape index (κ2) is 7.33. The highest BCUT2D eigenvalue weighted by Crippen LogP contribution is 2.43. The van der Waals surface area contributed by atoms with E-state index in [1.54, 1.807) is 4.90 Å². The van der Waals surface area contributed by atoms with Gasteiger partial charge in [0, 0.05) is 38.7 Å². The van der Waals surface area contributed by atoms with Crippen LogP contribution in [0.5, 0.6) is 0 Å². The van der Waals surface area contributed by atoms with Gasteiger partial charge in [-0.05, 0) is 24.7 Å².